The van der Waals surface area contributed by atoms with Crippen molar-refractivity contribution in [3.8, 4) is 6.07 Å². The largest absolute Gasteiger partial charge is 0.321 e. The quantitative estimate of drug-likeness (QED) is 0.544. The van der Waals surface area contributed by atoms with Crippen LogP contribution in [0.2, 0.25) is 0 Å². The first kappa shape index (κ1) is 16.5. The highest BCUT2D eigenvalue weighted by Crippen LogP contribution is 2.20. The molecule has 1 amide bonds. The number of nitrogens with one attached hydrogen (secondary N) is 1. The van der Waals surface area contributed by atoms with Crippen molar-refractivity contribution in [2.45, 2.75) is 13.8 Å². The van der Waals surface area contributed by atoms with Gasteiger partial charge in [0, 0.05) is 5.69 Å². The molecule has 0 saturated heterocycles. The highest BCUT2D eigenvalue weighted by atomic mass is 16.1. The molecule has 0 spiro atoms. The molecule has 0 unspecified atom stereocenters. The van der Waals surface area contributed by atoms with Crippen molar-refractivity contribution in [2.24, 2.45) is 0 Å². The molecule has 0 saturated carbocycles. The summed E-state index contributed by atoms with van der Waals surface area (Å²) in [5.41, 5.74) is 3.65. The van der Waals surface area contributed by atoms with Gasteiger partial charge in [-0.25, -0.2) is 0 Å². The average molecular weight is 326 g/mol. The third-order valence-electron chi connectivity index (χ3n) is 4.09. The Hall–Kier alpha value is -3.38. The highest BCUT2D eigenvalue weighted by molar-refractivity contribution is 6.10. The van der Waals surface area contributed by atoms with Crippen LogP contribution in [0.3, 0.4) is 0 Å². The molecule has 0 aliphatic heterocycles. The van der Waals surface area contributed by atoms with Crippen LogP contribution in [0, 0.1) is 25.2 Å². The number of aryl methyl sites for hydroxylation is 2. The topological polar surface area (TPSA) is 52.9 Å². The molecule has 1 N–H and O–H groups in total. The van der Waals surface area contributed by atoms with Gasteiger partial charge in [-0.1, -0.05) is 48.5 Å². The Kier molecular flexibility index (Phi) is 4.63. The molecule has 25 heavy (non-hydrogen) atoms. The van der Waals surface area contributed by atoms with Crippen molar-refractivity contribution < 1.29 is 4.79 Å². The van der Waals surface area contributed by atoms with Crippen LogP contribution in [0.4, 0.5) is 5.69 Å². The van der Waals surface area contributed by atoms with E-state index in [2.05, 4.69) is 5.32 Å². The molecule has 0 bridgehead atoms. The van der Waals surface area contributed by atoms with Gasteiger partial charge >= 0.3 is 0 Å². The van der Waals surface area contributed by atoms with Gasteiger partial charge in [-0.2, -0.15) is 5.26 Å². The van der Waals surface area contributed by atoms with Gasteiger partial charge in [0.25, 0.3) is 5.91 Å². The van der Waals surface area contributed by atoms with Crippen molar-refractivity contribution in [3.05, 3.63) is 82.9 Å². The van der Waals surface area contributed by atoms with Crippen LogP contribution in [0.5, 0.6) is 0 Å². The third kappa shape index (κ3) is 3.76. The molecular formula is C22H18N2O. The molecule has 0 fully saturated rings. The Bertz CT molecular complexity index is 1030. The van der Waals surface area contributed by atoms with E-state index in [1.165, 1.54) is 0 Å². The molecule has 0 radical (unpaired) electrons. The maximum absolute atomic E-state index is 12.5. The van der Waals surface area contributed by atoms with Crippen LogP contribution in [0.15, 0.2) is 66.2 Å². The predicted octanol–water partition coefficient (Wildman–Crippen LogP) is 5.00. The smallest absolute Gasteiger partial charge is 0.266 e. The number of nitrogens with zero attached hydrogens (tertiary/aromatic N) is 1. The average Bonchev–Trinajstić information content (AvgIpc) is 2.62. The second-order valence-electron chi connectivity index (χ2n) is 6.05. The Morgan fingerprint density at radius 3 is 2.52 bits per heavy atom. The standard InChI is InChI=1S/C22H18N2O/c1-15-7-8-16(2)21(11-15)24-22(25)20(14-23)13-17-9-10-18-5-3-4-6-19(18)12-17/h3-13H,1-2H3,(H,24,25)/b20-13+. The van der Waals surface area contributed by atoms with Gasteiger partial charge in [0.05, 0.1) is 0 Å². The number of hydrogen-bond acceptors (Lipinski definition) is 2. The molecular weight excluding hydrogens is 308 g/mol. The lowest BCUT2D eigenvalue weighted by atomic mass is 10.0. The number of benzene rings is 3. The first-order valence-electron chi connectivity index (χ1n) is 8.06. The zero-order valence-corrected chi connectivity index (χ0v) is 14.2. The molecule has 3 nitrogen and oxygen atoms in total. The summed E-state index contributed by atoms with van der Waals surface area (Å²) in [5, 5.41) is 14.4. The maximum atomic E-state index is 12.5. The molecule has 3 rings (SSSR count). The number of amides is 1. The summed E-state index contributed by atoms with van der Waals surface area (Å²) < 4.78 is 0. The lowest BCUT2D eigenvalue weighted by Gasteiger charge is -2.09. The first-order chi connectivity index (χ1) is 12.1. The Balaban J connectivity index is 1.89. The SMILES string of the molecule is Cc1ccc(C)c(NC(=O)/C(C#N)=C/c2ccc3ccccc3c2)c1. The highest BCUT2D eigenvalue weighted by Gasteiger charge is 2.11. The summed E-state index contributed by atoms with van der Waals surface area (Å²) >= 11 is 0. The maximum Gasteiger partial charge on any atom is 0.266 e. The van der Waals surface area contributed by atoms with E-state index in [4.69, 9.17) is 0 Å². The first-order valence-corrected chi connectivity index (χ1v) is 8.06. The molecule has 3 heteroatoms. The van der Waals surface area contributed by atoms with E-state index >= 15 is 0 Å². The van der Waals surface area contributed by atoms with Crippen LogP contribution in [0.1, 0.15) is 16.7 Å². The van der Waals surface area contributed by atoms with E-state index < -0.39 is 5.91 Å². The van der Waals surface area contributed by atoms with Gasteiger partial charge in [-0.05, 0) is 59.5 Å². The van der Waals surface area contributed by atoms with E-state index in [1.54, 1.807) is 6.08 Å². The minimum atomic E-state index is -0.399. The number of fused-ring (bicyclic) bond motifs is 1. The molecule has 0 atom stereocenters. The number of carbonyl (C=O) groups is 1. The van der Waals surface area contributed by atoms with Gasteiger partial charge in [-0.3, -0.25) is 4.79 Å². The summed E-state index contributed by atoms with van der Waals surface area (Å²) in [6, 6.07) is 21.7. The van der Waals surface area contributed by atoms with Gasteiger partial charge in [0.15, 0.2) is 0 Å². The number of hydrogen-bond donors (Lipinski definition) is 1. The van der Waals surface area contributed by atoms with Crippen LogP contribution >= 0.6 is 0 Å². The third-order valence-corrected chi connectivity index (χ3v) is 4.09. The second-order valence-corrected chi connectivity index (χ2v) is 6.05. The molecule has 3 aromatic rings. The van der Waals surface area contributed by atoms with E-state index in [0.717, 1.165) is 33.2 Å². The fraction of sp³-hybridized carbons (Fsp3) is 0.0909. The number of nitriles is 1. The molecule has 122 valence electrons. The van der Waals surface area contributed by atoms with Crippen molar-refractivity contribution in [1.29, 1.82) is 5.26 Å². The molecule has 0 aliphatic carbocycles. The van der Waals surface area contributed by atoms with Crippen molar-refractivity contribution >= 4 is 28.4 Å². The van der Waals surface area contributed by atoms with Crippen molar-refractivity contribution in [1.82, 2.24) is 0 Å². The number of anilines is 1. The van der Waals surface area contributed by atoms with E-state index in [-0.39, 0.29) is 5.57 Å². The number of rotatable bonds is 3. The Morgan fingerprint density at radius 1 is 1.00 bits per heavy atom. The summed E-state index contributed by atoms with van der Waals surface area (Å²) in [4.78, 5) is 12.5. The second kappa shape index (κ2) is 7.02. The normalized spacial score (nSPS) is 11.2. The lowest BCUT2D eigenvalue weighted by molar-refractivity contribution is -0.112. The molecule has 0 aliphatic rings. The molecule has 3 aromatic carbocycles. The summed E-state index contributed by atoms with van der Waals surface area (Å²) in [7, 11) is 0. The van der Waals surface area contributed by atoms with Crippen LogP contribution in [-0.4, -0.2) is 5.91 Å². The summed E-state index contributed by atoms with van der Waals surface area (Å²) in [6.45, 7) is 3.89. The van der Waals surface area contributed by atoms with Gasteiger partial charge in [0.1, 0.15) is 11.6 Å². The van der Waals surface area contributed by atoms with E-state index in [9.17, 15) is 10.1 Å². The molecule has 0 aromatic heterocycles. The van der Waals surface area contributed by atoms with Crippen LogP contribution in [-0.2, 0) is 4.79 Å². The zero-order chi connectivity index (χ0) is 17.8. The zero-order valence-electron chi connectivity index (χ0n) is 14.2. The van der Waals surface area contributed by atoms with Gasteiger partial charge in [0.2, 0.25) is 0 Å². The van der Waals surface area contributed by atoms with Crippen LogP contribution < -0.4 is 5.32 Å². The summed E-state index contributed by atoms with van der Waals surface area (Å²) in [5.74, 6) is -0.399. The molecule has 0 heterocycles. The van der Waals surface area contributed by atoms with Crippen molar-refractivity contribution in [2.75, 3.05) is 5.32 Å². The van der Waals surface area contributed by atoms with Gasteiger partial charge in [-0.15, -0.1) is 0 Å². The fourth-order valence-electron chi connectivity index (χ4n) is 2.67. The van der Waals surface area contributed by atoms with E-state index in [0.29, 0.717) is 0 Å². The van der Waals surface area contributed by atoms with Gasteiger partial charge < -0.3 is 5.32 Å². The lowest BCUT2D eigenvalue weighted by Crippen LogP contribution is -2.14. The Labute approximate surface area is 147 Å². The van der Waals surface area contributed by atoms with Crippen LogP contribution in [0.25, 0.3) is 16.8 Å². The van der Waals surface area contributed by atoms with E-state index in [1.807, 2.05) is 80.6 Å². The van der Waals surface area contributed by atoms with Crippen molar-refractivity contribution in [3.63, 3.8) is 0 Å². The predicted molar refractivity (Wildman–Crippen MR) is 102 cm³/mol. The fourth-order valence-corrected chi connectivity index (χ4v) is 2.67. The minimum Gasteiger partial charge on any atom is -0.321 e. The number of carbonyl (C=O) groups excluding carboxylic acids is 1. The minimum absolute atomic E-state index is 0.0798. The Morgan fingerprint density at radius 2 is 1.76 bits per heavy atom. The monoisotopic (exact) mass is 326 g/mol. The summed E-state index contributed by atoms with van der Waals surface area (Å²) in [6.07, 6.45) is 1.62.